The van der Waals surface area contributed by atoms with Crippen LogP contribution in [-0.2, 0) is 9.53 Å². The van der Waals surface area contributed by atoms with Crippen LogP contribution in [0, 0.1) is 5.41 Å². The second-order valence-corrected chi connectivity index (χ2v) is 6.16. The van der Waals surface area contributed by atoms with Crippen LogP contribution in [0.1, 0.15) is 38.3 Å². The number of hydrogen-bond donors (Lipinski definition) is 2. The monoisotopic (exact) mass is 320 g/mol. The van der Waals surface area contributed by atoms with Crippen molar-refractivity contribution in [3.05, 3.63) is 29.8 Å². The summed E-state index contributed by atoms with van der Waals surface area (Å²) in [7, 11) is 1.66. The molecule has 1 fully saturated rings. The fourth-order valence-electron chi connectivity index (χ4n) is 3.09. The molecule has 5 nitrogen and oxygen atoms in total. The standard InChI is InChI=1S/C18H28N2O3/c1-4-23-16-7-5-6-15(12-16)14(2)20-17(21)18(13-22-3)8-10-19-11-9-18/h5-7,12,14,19H,4,8-11,13H2,1-3H3,(H,20,21). The van der Waals surface area contributed by atoms with Crippen LogP contribution < -0.4 is 15.4 Å². The van der Waals surface area contributed by atoms with Crippen LogP contribution in [-0.4, -0.2) is 39.3 Å². The number of hydrogen-bond acceptors (Lipinski definition) is 4. The summed E-state index contributed by atoms with van der Waals surface area (Å²) >= 11 is 0. The average molecular weight is 320 g/mol. The topological polar surface area (TPSA) is 59.6 Å². The number of carbonyl (C=O) groups is 1. The van der Waals surface area contributed by atoms with Crippen LogP contribution in [0.4, 0.5) is 0 Å². The average Bonchev–Trinajstić information content (AvgIpc) is 2.56. The molecule has 0 spiro atoms. The summed E-state index contributed by atoms with van der Waals surface area (Å²) in [6, 6.07) is 7.82. The van der Waals surface area contributed by atoms with E-state index in [0.717, 1.165) is 37.2 Å². The van der Waals surface area contributed by atoms with Crippen molar-refractivity contribution in [2.45, 2.75) is 32.7 Å². The number of piperidine rings is 1. The first-order chi connectivity index (χ1) is 11.1. The summed E-state index contributed by atoms with van der Waals surface area (Å²) in [4.78, 5) is 12.9. The molecule has 0 bridgehead atoms. The third-order valence-corrected chi connectivity index (χ3v) is 4.48. The van der Waals surface area contributed by atoms with Crippen molar-refractivity contribution >= 4 is 5.91 Å². The molecule has 1 aromatic carbocycles. The third-order valence-electron chi connectivity index (χ3n) is 4.48. The molecule has 23 heavy (non-hydrogen) atoms. The van der Waals surface area contributed by atoms with Gasteiger partial charge in [-0.05, 0) is 57.5 Å². The molecule has 0 radical (unpaired) electrons. The highest BCUT2D eigenvalue weighted by molar-refractivity contribution is 5.83. The van der Waals surface area contributed by atoms with E-state index in [1.54, 1.807) is 7.11 Å². The van der Waals surface area contributed by atoms with Gasteiger partial charge >= 0.3 is 0 Å². The Labute approximate surface area is 138 Å². The zero-order valence-corrected chi connectivity index (χ0v) is 14.4. The van der Waals surface area contributed by atoms with Gasteiger partial charge in [0.25, 0.3) is 0 Å². The van der Waals surface area contributed by atoms with Gasteiger partial charge in [-0.15, -0.1) is 0 Å². The molecule has 0 aliphatic carbocycles. The van der Waals surface area contributed by atoms with Crippen LogP contribution in [0.15, 0.2) is 24.3 Å². The Morgan fingerprint density at radius 1 is 1.39 bits per heavy atom. The lowest BCUT2D eigenvalue weighted by atomic mass is 9.78. The number of carbonyl (C=O) groups excluding carboxylic acids is 1. The van der Waals surface area contributed by atoms with Gasteiger partial charge in [0.15, 0.2) is 0 Å². The van der Waals surface area contributed by atoms with Gasteiger partial charge in [0.2, 0.25) is 5.91 Å². The highest BCUT2D eigenvalue weighted by Crippen LogP contribution is 2.30. The lowest BCUT2D eigenvalue weighted by Crippen LogP contribution is -2.50. The van der Waals surface area contributed by atoms with Gasteiger partial charge in [-0.25, -0.2) is 0 Å². The van der Waals surface area contributed by atoms with E-state index >= 15 is 0 Å². The van der Waals surface area contributed by atoms with E-state index < -0.39 is 5.41 Å². The second kappa shape index (κ2) is 8.31. The Bertz CT molecular complexity index is 507. The van der Waals surface area contributed by atoms with E-state index in [1.165, 1.54) is 0 Å². The predicted octanol–water partition coefficient (Wildman–Crippen LogP) is 2.28. The van der Waals surface area contributed by atoms with Crippen molar-refractivity contribution < 1.29 is 14.3 Å². The molecule has 1 saturated heterocycles. The first-order valence-corrected chi connectivity index (χ1v) is 8.34. The SMILES string of the molecule is CCOc1cccc(C(C)NC(=O)C2(COC)CCNCC2)c1. The van der Waals surface area contributed by atoms with Gasteiger partial charge in [-0.2, -0.15) is 0 Å². The van der Waals surface area contributed by atoms with Crippen molar-refractivity contribution in [3.8, 4) is 5.75 Å². The lowest BCUT2D eigenvalue weighted by molar-refractivity contribution is -0.136. The number of nitrogens with one attached hydrogen (secondary N) is 2. The van der Waals surface area contributed by atoms with Crippen LogP contribution in [0.2, 0.25) is 0 Å². The van der Waals surface area contributed by atoms with Gasteiger partial charge in [-0.1, -0.05) is 12.1 Å². The molecule has 128 valence electrons. The lowest BCUT2D eigenvalue weighted by Gasteiger charge is -2.36. The summed E-state index contributed by atoms with van der Waals surface area (Å²) in [6.07, 6.45) is 1.61. The molecule has 1 aromatic rings. The van der Waals surface area contributed by atoms with E-state index in [2.05, 4.69) is 10.6 Å². The van der Waals surface area contributed by atoms with Gasteiger partial charge in [-0.3, -0.25) is 4.79 Å². The zero-order valence-electron chi connectivity index (χ0n) is 14.4. The van der Waals surface area contributed by atoms with Crippen molar-refractivity contribution in [2.24, 2.45) is 5.41 Å². The van der Waals surface area contributed by atoms with E-state index in [9.17, 15) is 4.79 Å². The molecule has 1 aliphatic heterocycles. The third kappa shape index (κ3) is 4.45. The smallest absolute Gasteiger partial charge is 0.229 e. The quantitative estimate of drug-likeness (QED) is 0.809. The van der Waals surface area contributed by atoms with E-state index in [0.29, 0.717) is 13.2 Å². The normalized spacial score (nSPS) is 18.2. The van der Waals surface area contributed by atoms with Gasteiger partial charge in [0, 0.05) is 7.11 Å². The minimum atomic E-state index is -0.425. The largest absolute Gasteiger partial charge is 0.494 e. The number of rotatable bonds is 7. The summed E-state index contributed by atoms with van der Waals surface area (Å²) in [5.74, 6) is 0.912. The van der Waals surface area contributed by atoms with Gasteiger partial charge < -0.3 is 20.1 Å². The van der Waals surface area contributed by atoms with Crippen molar-refractivity contribution in [2.75, 3.05) is 33.4 Å². The Morgan fingerprint density at radius 2 is 2.13 bits per heavy atom. The minimum absolute atomic E-state index is 0.0634. The molecular weight excluding hydrogens is 292 g/mol. The fraction of sp³-hybridized carbons (Fsp3) is 0.611. The van der Waals surface area contributed by atoms with E-state index in [-0.39, 0.29) is 11.9 Å². The van der Waals surface area contributed by atoms with Crippen LogP contribution in [0.3, 0.4) is 0 Å². The number of amides is 1. The molecule has 0 aromatic heterocycles. The molecule has 1 aliphatic rings. The summed E-state index contributed by atoms with van der Waals surface area (Å²) in [6.45, 7) is 6.77. The second-order valence-electron chi connectivity index (χ2n) is 6.16. The molecule has 1 heterocycles. The molecule has 5 heteroatoms. The van der Waals surface area contributed by atoms with Crippen molar-refractivity contribution in [1.29, 1.82) is 0 Å². The van der Waals surface area contributed by atoms with Crippen molar-refractivity contribution in [3.63, 3.8) is 0 Å². The maximum absolute atomic E-state index is 12.9. The summed E-state index contributed by atoms with van der Waals surface area (Å²) in [5, 5.41) is 6.47. The van der Waals surface area contributed by atoms with E-state index in [1.807, 2.05) is 38.1 Å². The maximum Gasteiger partial charge on any atom is 0.229 e. The maximum atomic E-state index is 12.9. The number of benzene rings is 1. The van der Waals surface area contributed by atoms with Crippen LogP contribution in [0.5, 0.6) is 5.75 Å². The fourth-order valence-corrected chi connectivity index (χ4v) is 3.09. The number of methoxy groups -OCH3 is 1. The van der Waals surface area contributed by atoms with Crippen LogP contribution in [0.25, 0.3) is 0 Å². The summed E-state index contributed by atoms with van der Waals surface area (Å²) < 4.78 is 10.9. The number of ether oxygens (including phenoxy) is 2. The zero-order chi connectivity index (χ0) is 16.7. The van der Waals surface area contributed by atoms with Crippen molar-refractivity contribution in [1.82, 2.24) is 10.6 Å². The Kier molecular flexibility index (Phi) is 6.42. The summed E-state index contributed by atoms with van der Waals surface area (Å²) in [5.41, 5.74) is 0.622. The first-order valence-electron chi connectivity index (χ1n) is 8.34. The molecule has 1 atom stereocenters. The molecular formula is C18H28N2O3. The predicted molar refractivity (Wildman–Crippen MR) is 90.6 cm³/mol. The Morgan fingerprint density at radius 3 is 2.78 bits per heavy atom. The first kappa shape index (κ1) is 17.8. The molecule has 1 unspecified atom stereocenters. The van der Waals surface area contributed by atoms with Gasteiger partial charge in [0.05, 0.1) is 24.7 Å². The Hall–Kier alpha value is -1.59. The van der Waals surface area contributed by atoms with Crippen LogP contribution >= 0.6 is 0 Å². The minimum Gasteiger partial charge on any atom is -0.494 e. The molecule has 2 N–H and O–H groups in total. The highest BCUT2D eigenvalue weighted by atomic mass is 16.5. The molecule has 1 amide bonds. The van der Waals surface area contributed by atoms with Gasteiger partial charge in [0.1, 0.15) is 5.75 Å². The van der Waals surface area contributed by atoms with E-state index in [4.69, 9.17) is 9.47 Å². The Balaban J connectivity index is 2.06. The highest BCUT2D eigenvalue weighted by Gasteiger charge is 2.40. The molecule has 0 saturated carbocycles. The molecule has 2 rings (SSSR count).